The summed E-state index contributed by atoms with van der Waals surface area (Å²) in [6, 6.07) is 16.0. The molecule has 6 heteroatoms. The van der Waals surface area contributed by atoms with Gasteiger partial charge in [-0.1, -0.05) is 29.8 Å². The second-order valence-electron chi connectivity index (χ2n) is 6.34. The monoisotopic (exact) mass is 410 g/mol. The third kappa shape index (κ3) is 3.59. The van der Waals surface area contributed by atoms with Crippen LogP contribution in [-0.4, -0.2) is 10.5 Å². The van der Waals surface area contributed by atoms with Crippen molar-refractivity contribution < 1.29 is 9.18 Å². The Morgan fingerprint density at radius 2 is 1.82 bits per heavy atom. The van der Waals surface area contributed by atoms with Gasteiger partial charge in [0.1, 0.15) is 10.7 Å². The van der Waals surface area contributed by atoms with Crippen molar-refractivity contribution in [3.8, 4) is 16.8 Å². The lowest BCUT2D eigenvalue weighted by Gasteiger charge is -2.11. The first-order chi connectivity index (χ1) is 13.5. The van der Waals surface area contributed by atoms with E-state index in [0.29, 0.717) is 21.2 Å². The van der Waals surface area contributed by atoms with E-state index in [-0.39, 0.29) is 11.7 Å². The van der Waals surface area contributed by atoms with Crippen LogP contribution in [0.5, 0.6) is 0 Å². The molecule has 2 heterocycles. The number of thiophene rings is 1. The summed E-state index contributed by atoms with van der Waals surface area (Å²) in [6.07, 6.45) is 3.79. The number of nitrogens with zero attached hydrogens (tertiary/aromatic N) is 1. The second kappa shape index (κ2) is 7.62. The number of carbonyl (C=O) groups excluding carboxylic acids is 1. The number of aromatic nitrogens is 1. The van der Waals surface area contributed by atoms with Crippen LogP contribution in [0.25, 0.3) is 16.8 Å². The number of hydrogen-bond acceptors (Lipinski definition) is 2. The molecule has 0 atom stereocenters. The van der Waals surface area contributed by atoms with Crippen LogP contribution in [0.3, 0.4) is 0 Å². The number of rotatable bonds is 4. The van der Waals surface area contributed by atoms with Gasteiger partial charge < -0.3 is 9.88 Å². The van der Waals surface area contributed by atoms with Crippen LogP contribution in [-0.2, 0) is 0 Å². The highest BCUT2D eigenvalue weighted by Crippen LogP contribution is 2.36. The Morgan fingerprint density at radius 1 is 1.11 bits per heavy atom. The van der Waals surface area contributed by atoms with Gasteiger partial charge in [-0.15, -0.1) is 11.3 Å². The highest BCUT2D eigenvalue weighted by Gasteiger charge is 2.20. The predicted molar refractivity (Wildman–Crippen MR) is 113 cm³/mol. The molecule has 0 aliphatic rings. The Labute approximate surface area is 171 Å². The van der Waals surface area contributed by atoms with E-state index >= 15 is 0 Å². The molecule has 0 unspecified atom stereocenters. The van der Waals surface area contributed by atoms with Crippen molar-refractivity contribution in [2.24, 2.45) is 0 Å². The van der Waals surface area contributed by atoms with Gasteiger partial charge in [0.05, 0.1) is 5.69 Å². The van der Waals surface area contributed by atoms with Crippen LogP contribution in [0, 0.1) is 12.7 Å². The van der Waals surface area contributed by atoms with Gasteiger partial charge in [-0.25, -0.2) is 4.39 Å². The quantitative estimate of drug-likeness (QED) is 0.406. The fraction of sp³-hybridized carbons (Fsp3) is 0.0455. The average molecular weight is 411 g/mol. The Morgan fingerprint density at radius 3 is 2.50 bits per heavy atom. The first-order valence-electron chi connectivity index (χ1n) is 8.61. The molecule has 0 fully saturated rings. The van der Waals surface area contributed by atoms with Crippen LogP contribution in [0.4, 0.5) is 10.1 Å². The first-order valence-corrected chi connectivity index (χ1v) is 9.87. The lowest BCUT2D eigenvalue weighted by atomic mass is 10.1. The fourth-order valence-corrected chi connectivity index (χ4v) is 4.04. The van der Waals surface area contributed by atoms with Crippen LogP contribution in [0.15, 0.2) is 72.4 Å². The zero-order chi connectivity index (χ0) is 19.7. The molecule has 0 saturated heterocycles. The molecule has 28 heavy (non-hydrogen) atoms. The summed E-state index contributed by atoms with van der Waals surface area (Å²) in [5.41, 5.74) is 3.63. The maximum absolute atomic E-state index is 13.8. The van der Waals surface area contributed by atoms with Crippen LogP contribution < -0.4 is 5.32 Å². The first kappa shape index (κ1) is 18.5. The van der Waals surface area contributed by atoms with E-state index in [2.05, 4.69) is 5.32 Å². The molecule has 0 bridgehead atoms. The number of halogens is 2. The number of carbonyl (C=O) groups is 1. The zero-order valence-electron chi connectivity index (χ0n) is 14.9. The van der Waals surface area contributed by atoms with E-state index in [0.717, 1.165) is 16.8 Å². The third-order valence-corrected chi connectivity index (χ3v) is 5.64. The fourth-order valence-electron chi connectivity index (χ4n) is 2.95. The molecule has 0 saturated carbocycles. The molecule has 0 aliphatic carbocycles. The van der Waals surface area contributed by atoms with Gasteiger partial charge in [-0.05, 0) is 54.4 Å². The van der Waals surface area contributed by atoms with Crippen molar-refractivity contribution in [1.82, 2.24) is 4.57 Å². The molecule has 140 valence electrons. The number of amides is 1. The highest BCUT2D eigenvalue weighted by atomic mass is 35.5. The maximum atomic E-state index is 13.8. The van der Waals surface area contributed by atoms with E-state index in [1.165, 1.54) is 17.4 Å². The molecule has 2 aromatic carbocycles. The minimum Gasteiger partial charge on any atom is -0.322 e. The van der Waals surface area contributed by atoms with Gasteiger partial charge in [-0.3, -0.25) is 4.79 Å². The molecular weight excluding hydrogens is 395 g/mol. The van der Waals surface area contributed by atoms with Crippen LogP contribution in [0.2, 0.25) is 5.02 Å². The molecule has 4 rings (SSSR count). The predicted octanol–water partition coefficient (Wildman–Crippen LogP) is 6.56. The summed E-state index contributed by atoms with van der Waals surface area (Å²) in [7, 11) is 0. The normalized spacial score (nSPS) is 10.8. The Kier molecular flexibility index (Phi) is 5.03. The molecular formula is C22H16ClFN2OS. The maximum Gasteiger partial charge on any atom is 0.267 e. The molecule has 3 nitrogen and oxygen atoms in total. The van der Waals surface area contributed by atoms with E-state index < -0.39 is 0 Å². The van der Waals surface area contributed by atoms with Crippen molar-refractivity contribution in [3.63, 3.8) is 0 Å². The lowest BCUT2D eigenvalue weighted by molar-refractivity contribution is 0.103. The smallest absolute Gasteiger partial charge is 0.267 e. The Balaban J connectivity index is 1.75. The van der Waals surface area contributed by atoms with Crippen LogP contribution in [0.1, 0.15) is 15.2 Å². The average Bonchev–Trinajstić information content (AvgIpc) is 3.34. The summed E-state index contributed by atoms with van der Waals surface area (Å²) >= 11 is 7.36. The number of benzene rings is 2. The summed E-state index contributed by atoms with van der Waals surface area (Å²) in [5.74, 6) is -0.631. The van der Waals surface area contributed by atoms with Crippen molar-refractivity contribution in [1.29, 1.82) is 0 Å². The summed E-state index contributed by atoms with van der Waals surface area (Å²) < 4.78 is 15.7. The van der Waals surface area contributed by atoms with Gasteiger partial charge in [0.15, 0.2) is 0 Å². The standard InChI is InChI=1S/C22H16ClFN2OS/c1-14-4-9-17(12-19(14)24)25-22(27)21-20(26-10-2-3-11-26)18(13-28-21)15-5-7-16(23)8-6-15/h2-13H,1H3,(H,25,27). The number of hydrogen-bond donors (Lipinski definition) is 1. The van der Waals surface area contributed by atoms with Crippen molar-refractivity contribution in [2.45, 2.75) is 6.92 Å². The van der Waals surface area contributed by atoms with Gasteiger partial charge in [0.25, 0.3) is 5.91 Å². The summed E-state index contributed by atoms with van der Waals surface area (Å²) in [6.45, 7) is 1.68. The number of nitrogens with one attached hydrogen (secondary N) is 1. The number of anilines is 1. The molecule has 1 N–H and O–H groups in total. The minimum atomic E-state index is -0.350. The Bertz CT molecular complexity index is 1130. The molecule has 0 radical (unpaired) electrons. The minimum absolute atomic E-state index is 0.280. The summed E-state index contributed by atoms with van der Waals surface area (Å²) in [4.78, 5) is 13.5. The van der Waals surface area contributed by atoms with Gasteiger partial charge in [0, 0.05) is 34.0 Å². The topological polar surface area (TPSA) is 34.0 Å². The van der Waals surface area contributed by atoms with Crippen molar-refractivity contribution in [3.05, 3.63) is 93.7 Å². The SMILES string of the molecule is Cc1ccc(NC(=O)c2scc(-c3ccc(Cl)cc3)c2-n2cccc2)cc1F. The van der Waals surface area contributed by atoms with Gasteiger partial charge >= 0.3 is 0 Å². The second-order valence-corrected chi connectivity index (χ2v) is 7.66. The molecule has 0 spiro atoms. The van der Waals surface area contributed by atoms with E-state index in [4.69, 9.17) is 11.6 Å². The van der Waals surface area contributed by atoms with Crippen LogP contribution >= 0.6 is 22.9 Å². The van der Waals surface area contributed by atoms with E-state index in [1.54, 1.807) is 19.1 Å². The molecule has 2 aromatic heterocycles. The lowest BCUT2D eigenvalue weighted by Crippen LogP contribution is -2.13. The molecule has 0 aliphatic heterocycles. The van der Waals surface area contributed by atoms with Gasteiger partial charge in [-0.2, -0.15) is 0 Å². The summed E-state index contributed by atoms with van der Waals surface area (Å²) in [5, 5.41) is 5.40. The number of aryl methyl sites for hydroxylation is 1. The van der Waals surface area contributed by atoms with Crippen molar-refractivity contribution in [2.75, 3.05) is 5.32 Å². The van der Waals surface area contributed by atoms with Crippen molar-refractivity contribution >= 4 is 34.5 Å². The third-order valence-electron chi connectivity index (χ3n) is 4.42. The largest absolute Gasteiger partial charge is 0.322 e. The van der Waals surface area contributed by atoms with E-state index in [1.807, 2.05) is 58.7 Å². The molecule has 4 aromatic rings. The van der Waals surface area contributed by atoms with E-state index in [9.17, 15) is 9.18 Å². The highest BCUT2D eigenvalue weighted by molar-refractivity contribution is 7.13. The molecule has 1 amide bonds. The zero-order valence-corrected chi connectivity index (χ0v) is 16.5. The Hall–Kier alpha value is -2.89. The van der Waals surface area contributed by atoms with Gasteiger partial charge in [0.2, 0.25) is 0 Å².